The second kappa shape index (κ2) is 10.1. The number of amides is 2. The summed E-state index contributed by atoms with van der Waals surface area (Å²) in [5.74, 6) is 0.541. The van der Waals surface area contributed by atoms with Crippen molar-refractivity contribution in [1.29, 1.82) is 0 Å². The van der Waals surface area contributed by atoms with Crippen LogP contribution in [0.3, 0.4) is 0 Å². The Kier molecular flexibility index (Phi) is 6.55. The number of furan rings is 1. The van der Waals surface area contributed by atoms with E-state index in [9.17, 15) is 9.59 Å². The van der Waals surface area contributed by atoms with Crippen molar-refractivity contribution in [1.82, 2.24) is 4.90 Å². The maximum absolute atomic E-state index is 12.9. The first-order chi connectivity index (χ1) is 17.1. The lowest BCUT2D eigenvalue weighted by molar-refractivity contribution is 0.0746. The van der Waals surface area contributed by atoms with Crippen LogP contribution in [0.4, 0.5) is 11.4 Å². The number of hydrogen-bond acceptors (Lipinski definition) is 4. The molecule has 4 aromatic rings. The molecular formula is C28H24ClN3O3. The molecule has 1 N–H and O–H groups in total. The molecule has 1 aliphatic heterocycles. The highest BCUT2D eigenvalue weighted by molar-refractivity contribution is 6.30. The summed E-state index contributed by atoms with van der Waals surface area (Å²) in [6.45, 7) is 2.57. The first-order valence-electron chi connectivity index (χ1n) is 11.4. The summed E-state index contributed by atoms with van der Waals surface area (Å²) in [6.07, 6.45) is 0. The summed E-state index contributed by atoms with van der Waals surface area (Å²) in [4.78, 5) is 29.8. The van der Waals surface area contributed by atoms with Gasteiger partial charge in [0.25, 0.3) is 11.8 Å². The van der Waals surface area contributed by atoms with Crippen LogP contribution in [-0.4, -0.2) is 42.9 Å². The second-order valence-electron chi connectivity index (χ2n) is 8.29. The Balaban J connectivity index is 1.26. The molecular weight excluding hydrogens is 462 g/mol. The Bertz CT molecular complexity index is 1330. The number of para-hydroxylation sites is 2. The topological polar surface area (TPSA) is 65.8 Å². The smallest absolute Gasteiger partial charge is 0.291 e. The van der Waals surface area contributed by atoms with Crippen LogP contribution in [0.15, 0.2) is 95.4 Å². The molecule has 1 saturated heterocycles. The third-order valence-electron chi connectivity index (χ3n) is 6.04. The molecule has 3 aromatic carbocycles. The predicted octanol–water partition coefficient (Wildman–Crippen LogP) is 5.81. The Morgan fingerprint density at radius 2 is 1.46 bits per heavy atom. The number of benzene rings is 3. The van der Waals surface area contributed by atoms with Crippen molar-refractivity contribution in [2.24, 2.45) is 0 Å². The molecule has 176 valence electrons. The van der Waals surface area contributed by atoms with E-state index in [1.54, 1.807) is 24.3 Å². The lowest BCUT2D eigenvalue weighted by atomic mass is 10.1. The fourth-order valence-electron chi connectivity index (χ4n) is 4.18. The standard InChI is InChI=1S/C28H24ClN3O3/c29-22-12-10-20(11-13-22)25-14-15-26(35-25)27(33)30-23-8-4-5-9-24(23)31-16-18-32(19-17-31)28(34)21-6-2-1-3-7-21/h1-15H,16-19H2,(H,30,33). The summed E-state index contributed by atoms with van der Waals surface area (Å²) in [5, 5.41) is 3.62. The van der Waals surface area contributed by atoms with Crippen LogP contribution in [0.25, 0.3) is 11.3 Å². The lowest BCUT2D eigenvalue weighted by Crippen LogP contribution is -2.49. The highest BCUT2D eigenvalue weighted by atomic mass is 35.5. The van der Waals surface area contributed by atoms with Crippen LogP contribution in [0, 0.1) is 0 Å². The Hall–Kier alpha value is -4.03. The minimum absolute atomic E-state index is 0.0427. The zero-order chi connectivity index (χ0) is 24.2. The number of nitrogens with one attached hydrogen (secondary N) is 1. The number of hydrogen-bond donors (Lipinski definition) is 1. The number of carbonyl (C=O) groups is 2. The average Bonchev–Trinajstić information content (AvgIpc) is 3.40. The van der Waals surface area contributed by atoms with Crippen molar-refractivity contribution in [3.8, 4) is 11.3 Å². The SMILES string of the molecule is O=C(Nc1ccccc1N1CCN(C(=O)c2ccccc2)CC1)c1ccc(-c2ccc(Cl)cc2)o1. The summed E-state index contributed by atoms with van der Waals surface area (Å²) in [5.41, 5.74) is 3.16. The van der Waals surface area contributed by atoms with Gasteiger partial charge in [0.15, 0.2) is 5.76 Å². The van der Waals surface area contributed by atoms with E-state index in [0.29, 0.717) is 48.2 Å². The first kappa shape index (κ1) is 22.7. The third kappa shape index (κ3) is 5.08. The molecule has 2 amide bonds. The fourth-order valence-corrected chi connectivity index (χ4v) is 4.31. The number of piperazine rings is 1. The van der Waals surface area contributed by atoms with E-state index in [0.717, 1.165) is 11.3 Å². The van der Waals surface area contributed by atoms with Crippen molar-refractivity contribution in [2.75, 3.05) is 36.4 Å². The van der Waals surface area contributed by atoms with Gasteiger partial charge in [0.05, 0.1) is 11.4 Å². The summed E-state index contributed by atoms with van der Waals surface area (Å²) in [6, 6.07) is 27.7. The van der Waals surface area contributed by atoms with E-state index in [2.05, 4.69) is 10.2 Å². The van der Waals surface area contributed by atoms with Gasteiger partial charge >= 0.3 is 0 Å². The van der Waals surface area contributed by atoms with Gasteiger partial charge in [0.2, 0.25) is 0 Å². The molecule has 0 atom stereocenters. The Morgan fingerprint density at radius 3 is 2.20 bits per heavy atom. The van der Waals surface area contributed by atoms with Gasteiger partial charge in [-0.3, -0.25) is 9.59 Å². The fraction of sp³-hybridized carbons (Fsp3) is 0.143. The molecule has 2 heterocycles. The van der Waals surface area contributed by atoms with E-state index in [1.807, 2.05) is 71.6 Å². The van der Waals surface area contributed by atoms with E-state index in [-0.39, 0.29) is 17.6 Å². The molecule has 0 bridgehead atoms. The van der Waals surface area contributed by atoms with E-state index in [1.165, 1.54) is 0 Å². The molecule has 1 aromatic heterocycles. The van der Waals surface area contributed by atoms with Crippen molar-refractivity contribution >= 4 is 34.8 Å². The molecule has 0 unspecified atom stereocenters. The van der Waals surface area contributed by atoms with Crippen LogP contribution >= 0.6 is 11.6 Å². The monoisotopic (exact) mass is 485 g/mol. The normalized spacial score (nSPS) is 13.5. The van der Waals surface area contributed by atoms with Gasteiger partial charge in [0, 0.05) is 42.3 Å². The van der Waals surface area contributed by atoms with Crippen molar-refractivity contribution in [3.05, 3.63) is 107 Å². The number of nitrogens with zero attached hydrogens (tertiary/aromatic N) is 2. The molecule has 1 fully saturated rings. The average molecular weight is 486 g/mol. The van der Waals surface area contributed by atoms with Gasteiger partial charge in [-0.1, -0.05) is 41.9 Å². The van der Waals surface area contributed by atoms with Gasteiger partial charge in [-0.05, 0) is 60.7 Å². The molecule has 0 radical (unpaired) electrons. The summed E-state index contributed by atoms with van der Waals surface area (Å²) >= 11 is 5.96. The Labute approximate surface area is 208 Å². The highest BCUT2D eigenvalue weighted by Gasteiger charge is 2.24. The minimum atomic E-state index is -0.324. The van der Waals surface area contributed by atoms with Crippen molar-refractivity contribution < 1.29 is 14.0 Å². The molecule has 5 rings (SSSR count). The van der Waals surface area contributed by atoms with Gasteiger partial charge in [-0.2, -0.15) is 0 Å². The van der Waals surface area contributed by atoms with Gasteiger partial charge in [0.1, 0.15) is 5.76 Å². The van der Waals surface area contributed by atoms with Crippen LogP contribution in [0.5, 0.6) is 0 Å². The second-order valence-corrected chi connectivity index (χ2v) is 8.72. The predicted molar refractivity (Wildman–Crippen MR) is 138 cm³/mol. The lowest BCUT2D eigenvalue weighted by Gasteiger charge is -2.37. The quantitative estimate of drug-likeness (QED) is 0.387. The molecule has 6 nitrogen and oxygen atoms in total. The first-order valence-corrected chi connectivity index (χ1v) is 11.8. The minimum Gasteiger partial charge on any atom is -0.451 e. The molecule has 35 heavy (non-hydrogen) atoms. The number of halogens is 1. The van der Waals surface area contributed by atoms with Crippen molar-refractivity contribution in [2.45, 2.75) is 0 Å². The zero-order valence-corrected chi connectivity index (χ0v) is 19.7. The molecule has 7 heteroatoms. The summed E-state index contributed by atoms with van der Waals surface area (Å²) in [7, 11) is 0. The van der Waals surface area contributed by atoms with E-state index >= 15 is 0 Å². The summed E-state index contributed by atoms with van der Waals surface area (Å²) < 4.78 is 5.80. The third-order valence-corrected chi connectivity index (χ3v) is 6.29. The molecule has 0 saturated carbocycles. The molecule has 0 aliphatic carbocycles. The van der Waals surface area contributed by atoms with Crippen LogP contribution < -0.4 is 10.2 Å². The maximum Gasteiger partial charge on any atom is 0.291 e. The number of rotatable bonds is 5. The Morgan fingerprint density at radius 1 is 0.771 bits per heavy atom. The van der Waals surface area contributed by atoms with Gasteiger partial charge in [-0.15, -0.1) is 0 Å². The van der Waals surface area contributed by atoms with Crippen LogP contribution in [-0.2, 0) is 0 Å². The highest BCUT2D eigenvalue weighted by Crippen LogP contribution is 2.29. The van der Waals surface area contributed by atoms with E-state index in [4.69, 9.17) is 16.0 Å². The molecule has 0 spiro atoms. The number of anilines is 2. The maximum atomic E-state index is 12.9. The largest absolute Gasteiger partial charge is 0.451 e. The van der Waals surface area contributed by atoms with Crippen LogP contribution in [0.2, 0.25) is 5.02 Å². The van der Waals surface area contributed by atoms with E-state index < -0.39 is 0 Å². The van der Waals surface area contributed by atoms with Crippen molar-refractivity contribution in [3.63, 3.8) is 0 Å². The zero-order valence-electron chi connectivity index (χ0n) is 19.0. The van der Waals surface area contributed by atoms with Crippen LogP contribution in [0.1, 0.15) is 20.9 Å². The molecule has 1 aliphatic rings. The number of carbonyl (C=O) groups excluding carboxylic acids is 2. The van der Waals surface area contributed by atoms with Gasteiger partial charge < -0.3 is 19.5 Å². The van der Waals surface area contributed by atoms with Gasteiger partial charge in [-0.25, -0.2) is 0 Å².